The van der Waals surface area contributed by atoms with Gasteiger partial charge in [-0.15, -0.1) is 0 Å². The van der Waals surface area contributed by atoms with E-state index in [1.54, 1.807) is 36.5 Å². The molecule has 0 saturated carbocycles. The van der Waals surface area contributed by atoms with E-state index in [0.29, 0.717) is 21.7 Å². The summed E-state index contributed by atoms with van der Waals surface area (Å²) in [5.41, 5.74) is 7.10. The van der Waals surface area contributed by atoms with Crippen molar-refractivity contribution in [2.75, 3.05) is 5.73 Å². The van der Waals surface area contributed by atoms with Gasteiger partial charge in [-0.1, -0.05) is 0 Å². The second-order valence-electron chi connectivity index (χ2n) is 4.26. The molecule has 5 heteroatoms. The van der Waals surface area contributed by atoms with Gasteiger partial charge < -0.3 is 10.5 Å². The van der Waals surface area contributed by atoms with Crippen LogP contribution in [0.3, 0.4) is 0 Å². The molecule has 0 aliphatic heterocycles. The summed E-state index contributed by atoms with van der Waals surface area (Å²) in [6.45, 7) is 0. The van der Waals surface area contributed by atoms with E-state index in [9.17, 15) is 4.39 Å². The van der Waals surface area contributed by atoms with E-state index in [2.05, 4.69) is 20.9 Å². The number of hydrogen-bond acceptors (Lipinski definition) is 3. The molecule has 1 heterocycles. The molecule has 0 atom stereocenters. The van der Waals surface area contributed by atoms with Gasteiger partial charge in [0.1, 0.15) is 17.3 Å². The Morgan fingerprint density at radius 3 is 2.75 bits per heavy atom. The summed E-state index contributed by atoms with van der Waals surface area (Å²) in [7, 11) is 0. The van der Waals surface area contributed by atoms with E-state index < -0.39 is 0 Å². The first-order valence-corrected chi connectivity index (χ1v) is 6.70. The van der Waals surface area contributed by atoms with Gasteiger partial charge in [-0.2, -0.15) is 0 Å². The predicted molar refractivity (Wildman–Crippen MR) is 80.3 cm³/mol. The number of aromatic nitrogens is 1. The Morgan fingerprint density at radius 1 is 1.10 bits per heavy atom. The molecule has 0 aliphatic carbocycles. The van der Waals surface area contributed by atoms with E-state index in [0.717, 1.165) is 10.9 Å². The molecule has 100 valence electrons. The minimum Gasteiger partial charge on any atom is -0.456 e. The van der Waals surface area contributed by atoms with Crippen LogP contribution < -0.4 is 10.5 Å². The van der Waals surface area contributed by atoms with Crippen LogP contribution in [0.5, 0.6) is 11.5 Å². The van der Waals surface area contributed by atoms with Crippen LogP contribution in [0.4, 0.5) is 10.1 Å². The molecule has 0 saturated heterocycles. The molecule has 0 radical (unpaired) electrons. The van der Waals surface area contributed by atoms with E-state index in [-0.39, 0.29) is 5.82 Å². The van der Waals surface area contributed by atoms with Crippen molar-refractivity contribution in [3.63, 3.8) is 0 Å². The van der Waals surface area contributed by atoms with Gasteiger partial charge in [0.25, 0.3) is 0 Å². The molecule has 3 aromatic rings. The lowest BCUT2D eigenvalue weighted by Gasteiger charge is -2.09. The van der Waals surface area contributed by atoms with Crippen LogP contribution in [0.15, 0.2) is 53.1 Å². The molecule has 2 aromatic carbocycles. The fraction of sp³-hybridized carbons (Fsp3) is 0. The Balaban J connectivity index is 2.04. The molecular weight excluding hydrogens is 323 g/mol. The number of nitrogens with two attached hydrogens (primary N) is 1. The summed E-state index contributed by atoms with van der Waals surface area (Å²) in [5, 5.41) is 0.824. The highest BCUT2D eigenvalue weighted by molar-refractivity contribution is 9.10. The lowest BCUT2D eigenvalue weighted by molar-refractivity contribution is 0.481. The zero-order valence-electron chi connectivity index (χ0n) is 10.3. The highest BCUT2D eigenvalue weighted by Gasteiger charge is 2.07. The number of fused-ring (bicyclic) bond motifs is 1. The maximum atomic E-state index is 13.5. The van der Waals surface area contributed by atoms with Crippen molar-refractivity contribution in [3.8, 4) is 11.5 Å². The quantitative estimate of drug-likeness (QED) is 0.702. The second kappa shape index (κ2) is 5.09. The minimum atomic E-state index is -0.370. The first kappa shape index (κ1) is 12.9. The summed E-state index contributed by atoms with van der Waals surface area (Å²) in [4.78, 5) is 4.23. The van der Waals surface area contributed by atoms with Gasteiger partial charge in [-0.25, -0.2) is 4.39 Å². The van der Waals surface area contributed by atoms with Crippen LogP contribution >= 0.6 is 15.9 Å². The van der Waals surface area contributed by atoms with Crippen molar-refractivity contribution in [1.82, 2.24) is 4.98 Å². The number of rotatable bonds is 2. The molecule has 0 aliphatic rings. The van der Waals surface area contributed by atoms with Crippen LogP contribution in [-0.2, 0) is 0 Å². The third kappa shape index (κ3) is 2.44. The molecule has 0 fully saturated rings. The monoisotopic (exact) mass is 332 g/mol. The summed E-state index contributed by atoms with van der Waals surface area (Å²) >= 11 is 3.11. The zero-order chi connectivity index (χ0) is 14.1. The Morgan fingerprint density at radius 2 is 1.95 bits per heavy atom. The van der Waals surface area contributed by atoms with Crippen molar-refractivity contribution in [2.24, 2.45) is 0 Å². The normalized spacial score (nSPS) is 10.7. The summed E-state index contributed by atoms with van der Waals surface area (Å²) < 4.78 is 19.6. The van der Waals surface area contributed by atoms with Gasteiger partial charge >= 0.3 is 0 Å². The van der Waals surface area contributed by atoms with Crippen molar-refractivity contribution in [1.29, 1.82) is 0 Å². The first-order chi connectivity index (χ1) is 9.63. The molecular formula is C15H10BrFN2O. The Bertz CT molecular complexity index is 792. The molecule has 0 spiro atoms. The van der Waals surface area contributed by atoms with Crippen LogP contribution in [0.25, 0.3) is 10.9 Å². The average Bonchev–Trinajstić information content (AvgIpc) is 2.43. The number of nitrogen functional groups attached to an aromatic ring is 1. The number of pyridine rings is 1. The van der Waals surface area contributed by atoms with Gasteiger partial charge in [-0.3, -0.25) is 4.98 Å². The van der Waals surface area contributed by atoms with E-state index >= 15 is 0 Å². The number of halogens is 2. The van der Waals surface area contributed by atoms with Gasteiger partial charge in [0.15, 0.2) is 0 Å². The smallest absolute Gasteiger partial charge is 0.141 e. The summed E-state index contributed by atoms with van der Waals surface area (Å²) in [6.07, 6.45) is 1.63. The molecule has 1 aromatic heterocycles. The van der Waals surface area contributed by atoms with Crippen LogP contribution in [0, 0.1) is 5.82 Å². The third-order valence-electron chi connectivity index (χ3n) is 2.85. The number of benzene rings is 2. The largest absolute Gasteiger partial charge is 0.456 e. The van der Waals surface area contributed by atoms with Crippen molar-refractivity contribution in [3.05, 3.63) is 59.0 Å². The fourth-order valence-corrected chi connectivity index (χ4v) is 2.14. The lowest BCUT2D eigenvalue weighted by atomic mass is 10.2. The summed E-state index contributed by atoms with van der Waals surface area (Å²) in [6, 6.07) is 11.7. The Labute approximate surface area is 123 Å². The molecule has 0 unspecified atom stereocenters. The molecule has 0 amide bonds. The van der Waals surface area contributed by atoms with Crippen LogP contribution in [-0.4, -0.2) is 4.98 Å². The van der Waals surface area contributed by atoms with E-state index in [1.807, 2.05) is 6.07 Å². The van der Waals surface area contributed by atoms with Crippen molar-refractivity contribution >= 4 is 32.5 Å². The molecule has 3 nitrogen and oxygen atoms in total. The maximum Gasteiger partial charge on any atom is 0.141 e. The van der Waals surface area contributed by atoms with Gasteiger partial charge in [-0.05, 0) is 52.3 Å². The van der Waals surface area contributed by atoms with Gasteiger partial charge in [0.2, 0.25) is 0 Å². The first-order valence-electron chi connectivity index (χ1n) is 5.90. The van der Waals surface area contributed by atoms with E-state index in [1.165, 1.54) is 6.07 Å². The second-order valence-corrected chi connectivity index (χ2v) is 5.12. The van der Waals surface area contributed by atoms with Gasteiger partial charge in [0, 0.05) is 23.3 Å². The van der Waals surface area contributed by atoms with Crippen molar-refractivity contribution < 1.29 is 9.13 Å². The number of anilines is 1. The van der Waals surface area contributed by atoms with E-state index in [4.69, 9.17) is 10.5 Å². The number of ether oxygens (including phenoxy) is 1. The highest BCUT2D eigenvalue weighted by atomic mass is 79.9. The van der Waals surface area contributed by atoms with Crippen molar-refractivity contribution in [2.45, 2.75) is 0 Å². The SMILES string of the molecule is Nc1ccc2c(Oc3ccc(Br)c(F)c3)ccnc2c1. The topological polar surface area (TPSA) is 48.1 Å². The molecule has 20 heavy (non-hydrogen) atoms. The predicted octanol–water partition coefficient (Wildman–Crippen LogP) is 4.51. The number of nitrogens with zero attached hydrogens (tertiary/aromatic N) is 1. The van der Waals surface area contributed by atoms with Crippen LogP contribution in [0.2, 0.25) is 0 Å². The third-order valence-corrected chi connectivity index (χ3v) is 3.49. The average molecular weight is 333 g/mol. The minimum absolute atomic E-state index is 0.370. The summed E-state index contributed by atoms with van der Waals surface area (Å²) in [5.74, 6) is 0.664. The molecule has 3 rings (SSSR count). The zero-order valence-corrected chi connectivity index (χ0v) is 11.9. The van der Waals surface area contributed by atoms with Crippen LogP contribution in [0.1, 0.15) is 0 Å². The van der Waals surface area contributed by atoms with Gasteiger partial charge in [0.05, 0.1) is 9.99 Å². The fourth-order valence-electron chi connectivity index (χ4n) is 1.90. The highest BCUT2D eigenvalue weighted by Crippen LogP contribution is 2.31. The Hall–Kier alpha value is -2.14. The standard InChI is InChI=1S/C15H10BrFN2O/c16-12-4-2-10(8-13(12)17)20-15-5-6-19-14-7-9(18)1-3-11(14)15/h1-8H,18H2. The molecule has 2 N–H and O–H groups in total. The lowest BCUT2D eigenvalue weighted by Crippen LogP contribution is -1.90. The maximum absolute atomic E-state index is 13.5. The number of hydrogen-bond donors (Lipinski definition) is 1. The Kier molecular flexibility index (Phi) is 3.28. The molecule has 0 bridgehead atoms.